The van der Waals surface area contributed by atoms with Crippen LogP contribution in [0.5, 0.6) is 0 Å². The van der Waals surface area contributed by atoms with Gasteiger partial charge in [0.05, 0.1) is 6.20 Å². The fourth-order valence-electron chi connectivity index (χ4n) is 1.99. The molecule has 2 N–H and O–H groups in total. The Morgan fingerprint density at radius 1 is 1.41 bits per heavy atom. The van der Waals surface area contributed by atoms with Crippen molar-refractivity contribution in [1.82, 2.24) is 20.4 Å². The lowest BCUT2D eigenvalue weighted by atomic mass is 10.1. The van der Waals surface area contributed by atoms with Gasteiger partial charge in [0.1, 0.15) is 5.60 Å². The molecule has 1 rings (SSSR count). The fourth-order valence-corrected chi connectivity index (χ4v) is 1.99. The SMILES string of the molecule is CCn1cc(C(C)NCCC(C)NC(=O)OC(C)(C)C)cn1. The number of rotatable bonds is 7. The van der Waals surface area contributed by atoms with Crippen LogP contribution < -0.4 is 10.6 Å². The van der Waals surface area contributed by atoms with Gasteiger partial charge in [-0.2, -0.15) is 5.10 Å². The summed E-state index contributed by atoms with van der Waals surface area (Å²) in [5, 5.41) is 10.6. The third-order valence-corrected chi connectivity index (χ3v) is 3.27. The van der Waals surface area contributed by atoms with E-state index < -0.39 is 5.60 Å². The number of carbonyl (C=O) groups is 1. The van der Waals surface area contributed by atoms with Crippen molar-refractivity contribution in [2.75, 3.05) is 6.54 Å². The molecule has 0 fully saturated rings. The highest BCUT2D eigenvalue weighted by Gasteiger charge is 2.17. The molecule has 2 unspecified atom stereocenters. The molecule has 6 nitrogen and oxygen atoms in total. The highest BCUT2D eigenvalue weighted by Crippen LogP contribution is 2.11. The maximum Gasteiger partial charge on any atom is 0.407 e. The summed E-state index contributed by atoms with van der Waals surface area (Å²) in [5.74, 6) is 0. The average molecular weight is 310 g/mol. The molecule has 0 bridgehead atoms. The monoisotopic (exact) mass is 310 g/mol. The summed E-state index contributed by atoms with van der Waals surface area (Å²) in [7, 11) is 0. The molecular formula is C16H30N4O2. The van der Waals surface area contributed by atoms with Gasteiger partial charge in [0.25, 0.3) is 0 Å². The minimum absolute atomic E-state index is 0.0629. The molecule has 0 aromatic carbocycles. The molecule has 1 aromatic heterocycles. The number of hydrogen-bond acceptors (Lipinski definition) is 4. The Morgan fingerprint density at radius 2 is 2.09 bits per heavy atom. The zero-order valence-electron chi connectivity index (χ0n) is 14.6. The molecule has 22 heavy (non-hydrogen) atoms. The van der Waals surface area contributed by atoms with Gasteiger partial charge in [0.15, 0.2) is 0 Å². The van der Waals surface area contributed by atoms with Crippen molar-refractivity contribution in [3.05, 3.63) is 18.0 Å². The Balaban J connectivity index is 2.26. The van der Waals surface area contributed by atoms with E-state index in [9.17, 15) is 4.79 Å². The molecule has 1 aromatic rings. The van der Waals surface area contributed by atoms with Crippen LogP contribution in [-0.4, -0.2) is 34.1 Å². The maximum absolute atomic E-state index is 11.7. The number of nitrogens with zero attached hydrogens (tertiary/aromatic N) is 2. The van der Waals surface area contributed by atoms with Gasteiger partial charge in [-0.05, 0) is 54.5 Å². The number of nitrogens with one attached hydrogen (secondary N) is 2. The van der Waals surface area contributed by atoms with E-state index in [4.69, 9.17) is 4.74 Å². The van der Waals surface area contributed by atoms with Gasteiger partial charge >= 0.3 is 6.09 Å². The van der Waals surface area contributed by atoms with Crippen LogP contribution in [0.1, 0.15) is 59.6 Å². The van der Waals surface area contributed by atoms with Gasteiger partial charge in [-0.1, -0.05) is 0 Å². The zero-order chi connectivity index (χ0) is 16.8. The molecule has 2 atom stereocenters. The van der Waals surface area contributed by atoms with Gasteiger partial charge in [-0.25, -0.2) is 4.79 Å². The van der Waals surface area contributed by atoms with Crippen LogP contribution in [0.3, 0.4) is 0 Å². The molecule has 0 aliphatic rings. The molecule has 126 valence electrons. The Labute approximate surface area is 133 Å². The van der Waals surface area contributed by atoms with E-state index in [1.807, 2.05) is 38.6 Å². The van der Waals surface area contributed by atoms with Gasteiger partial charge in [0.2, 0.25) is 0 Å². The van der Waals surface area contributed by atoms with E-state index in [2.05, 4.69) is 35.8 Å². The van der Waals surface area contributed by atoms with Gasteiger partial charge in [0, 0.05) is 30.4 Å². The second kappa shape index (κ2) is 8.17. The normalized spacial score (nSPS) is 14.5. The van der Waals surface area contributed by atoms with Crippen LogP contribution in [0.15, 0.2) is 12.4 Å². The van der Waals surface area contributed by atoms with Gasteiger partial charge < -0.3 is 15.4 Å². The standard InChI is InChI=1S/C16H30N4O2/c1-7-20-11-14(10-18-20)13(3)17-9-8-12(2)19-15(21)22-16(4,5)6/h10-13,17H,7-9H2,1-6H3,(H,19,21). The maximum atomic E-state index is 11.7. The van der Waals surface area contributed by atoms with E-state index in [1.54, 1.807) is 0 Å². The summed E-state index contributed by atoms with van der Waals surface area (Å²) in [6.45, 7) is 13.4. The number of alkyl carbamates (subject to hydrolysis) is 1. The van der Waals surface area contributed by atoms with Crippen LogP contribution >= 0.6 is 0 Å². The average Bonchev–Trinajstić information content (AvgIpc) is 2.84. The third-order valence-electron chi connectivity index (χ3n) is 3.27. The molecule has 0 saturated heterocycles. The Morgan fingerprint density at radius 3 is 2.64 bits per heavy atom. The lowest BCUT2D eigenvalue weighted by Crippen LogP contribution is -2.39. The Kier molecular flexibility index (Phi) is 6.87. The summed E-state index contributed by atoms with van der Waals surface area (Å²) in [5.41, 5.74) is 0.713. The summed E-state index contributed by atoms with van der Waals surface area (Å²) >= 11 is 0. The molecule has 0 aliphatic carbocycles. The van der Waals surface area contributed by atoms with E-state index in [0.29, 0.717) is 0 Å². The van der Waals surface area contributed by atoms with Crippen LogP contribution in [0.4, 0.5) is 4.79 Å². The summed E-state index contributed by atoms with van der Waals surface area (Å²) in [6.07, 6.45) is 4.42. The van der Waals surface area contributed by atoms with Crippen molar-refractivity contribution in [3.8, 4) is 0 Å². The molecular weight excluding hydrogens is 280 g/mol. The quantitative estimate of drug-likeness (QED) is 0.812. The van der Waals surface area contributed by atoms with Gasteiger partial charge in [-0.15, -0.1) is 0 Å². The molecule has 1 amide bonds. The Bertz CT molecular complexity index is 465. The summed E-state index contributed by atoms with van der Waals surface area (Å²) in [6, 6.07) is 0.307. The summed E-state index contributed by atoms with van der Waals surface area (Å²) in [4.78, 5) is 11.7. The summed E-state index contributed by atoms with van der Waals surface area (Å²) < 4.78 is 7.16. The smallest absolute Gasteiger partial charge is 0.407 e. The first-order valence-corrected chi connectivity index (χ1v) is 7.96. The minimum atomic E-state index is -0.462. The number of aryl methyl sites for hydroxylation is 1. The number of hydrogen-bond donors (Lipinski definition) is 2. The highest BCUT2D eigenvalue weighted by molar-refractivity contribution is 5.67. The van der Waals surface area contributed by atoms with E-state index in [1.165, 1.54) is 5.56 Å². The molecule has 0 spiro atoms. The fraction of sp³-hybridized carbons (Fsp3) is 0.750. The first-order valence-electron chi connectivity index (χ1n) is 7.96. The second-order valence-corrected chi connectivity index (χ2v) is 6.64. The zero-order valence-corrected chi connectivity index (χ0v) is 14.6. The molecule has 1 heterocycles. The van der Waals surface area contributed by atoms with Crippen molar-refractivity contribution >= 4 is 6.09 Å². The number of aromatic nitrogens is 2. The third kappa shape index (κ3) is 6.93. The van der Waals surface area contributed by atoms with Crippen molar-refractivity contribution in [2.45, 2.75) is 72.2 Å². The second-order valence-electron chi connectivity index (χ2n) is 6.64. The van der Waals surface area contributed by atoms with Crippen molar-refractivity contribution in [1.29, 1.82) is 0 Å². The van der Waals surface area contributed by atoms with E-state index in [0.717, 1.165) is 19.5 Å². The van der Waals surface area contributed by atoms with Crippen LogP contribution in [0.2, 0.25) is 0 Å². The van der Waals surface area contributed by atoms with Crippen molar-refractivity contribution < 1.29 is 9.53 Å². The van der Waals surface area contributed by atoms with Crippen molar-refractivity contribution in [3.63, 3.8) is 0 Å². The van der Waals surface area contributed by atoms with Crippen LogP contribution in [-0.2, 0) is 11.3 Å². The van der Waals surface area contributed by atoms with E-state index in [-0.39, 0.29) is 18.2 Å². The molecule has 0 aliphatic heterocycles. The molecule has 6 heteroatoms. The number of amides is 1. The minimum Gasteiger partial charge on any atom is -0.444 e. The Hall–Kier alpha value is -1.56. The van der Waals surface area contributed by atoms with Crippen LogP contribution in [0.25, 0.3) is 0 Å². The lowest BCUT2D eigenvalue weighted by Gasteiger charge is -2.22. The van der Waals surface area contributed by atoms with E-state index >= 15 is 0 Å². The predicted octanol–water partition coefficient (Wildman–Crippen LogP) is 2.86. The predicted molar refractivity (Wildman–Crippen MR) is 87.8 cm³/mol. The van der Waals surface area contributed by atoms with Gasteiger partial charge in [-0.3, -0.25) is 4.68 Å². The topological polar surface area (TPSA) is 68.2 Å². The van der Waals surface area contributed by atoms with Crippen LogP contribution in [0, 0.1) is 0 Å². The number of carbonyl (C=O) groups excluding carboxylic acids is 1. The number of ether oxygens (including phenoxy) is 1. The molecule has 0 radical (unpaired) electrons. The highest BCUT2D eigenvalue weighted by atomic mass is 16.6. The molecule has 0 saturated carbocycles. The lowest BCUT2D eigenvalue weighted by molar-refractivity contribution is 0.0506. The first kappa shape index (κ1) is 18.5. The largest absolute Gasteiger partial charge is 0.444 e. The first-order chi connectivity index (χ1) is 10.2. The van der Waals surface area contributed by atoms with Crippen molar-refractivity contribution in [2.24, 2.45) is 0 Å².